The SMILES string of the molecule is CCc1ccc(Cc2ccc(=O)[nH]n2)cc1Oc1cccc(Cl)c1. The molecule has 0 radical (unpaired) electrons. The molecule has 0 aliphatic rings. The largest absolute Gasteiger partial charge is 0.457 e. The Morgan fingerprint density at radius 1 is 1.12 bits per heavy atom. The molecule has 1 N–H and O–H groups in total. The fourth-order valence-corrected chi connectivity index (χ4v) is 2.61. The van der Waals surface area contributed by atoms with E-state index in [1.54, 1.807) is 12.1 Å². The molecule has 0 spiro atoms. The first-order valence-corrected chi connectivity index (χ1v) is 8.11. The maximum Gasteiger partial charge on any atom is 0.264 e. The normalized spacial score (nSPS) is 10.6. The Morgan fingerprint density at radius 3 is 2.71 bits per heavy atom. The van der Waals surface area contributed by atoms with Crippen LogP contribution < -0.4 is 10.3 Å². The molecule has 3 rings (SSSR count). The van der Waals surface area contributed by atoms with Crippen LogP contribution in [0.4, 0.5) is 0 Å². The Balaban J connectivity index is 1.87. The van der Waals surface area contributed by atoms with E-state index in [1.807, 2.05) is 24.3 Å². The molecule has 122 valence electrons. The van der Waals surface area contributed by atoms with Crippen molar-refractivity contribution in [2.45, 2.75) is 19.8 Å². The van der Waals surface area contributed by atoms with Gasteiger partial charge in [0.15, 0.2) is 0 Å². The molecule has 0 aliphatic heterocycles. The first-order valence-electron chi connectivity index (χ1n) is 7.74. The Labute approximate surface area is 145 Å². The summed E-state index contributed by atoms with van der Waals surface area (Å²) in [5, 5.41) is 7.14. The van der Waals surface area contributed by atoms with Gasteiger partial charge in [-0.05, 0) is 47.9 Å². The molecule has 2 aromatic carbocycles. The van der Waals surface area contributed by atoms with Crippen LogP contribution in [0, 0.1) is 0 Å². The van der Waals surface area contributed by atoms with E-state index in [2.05, 4.69) is 29.3 Å². The van der Waals surface area contributed by atoms with Crippen molar-refractivity contribution in [3.63, 3.8) is 0 Å². The number of rotatable bonds is 5. The van der Waals surface area contributed by atoms with E-state index in [0.717, 1.165) is 29.0 Å². The van der Waals surface area contributed by atoms with E-state index < -0.39 is 0 Å². The lowest BCUT2D eigenvalue weighted by atomic mass is 10.0. The summed E-state index contributed by atoms with van der Waals surface area (Å²) in [6, 6.07) is 16.7. The molecule has 5 heteroatoms. The molecule has 0 unspecified atom stereocenters. The standard InChI is InChI=1S/C19H17ClN2O2/c1-2-14-7-6-13(10-16-8-9-19(23)22-21-16)11-18(14)24-17-5-3-4-15(20)12-17/h3-9,11-12H,2,10H2,1H3,(H,22,23). The van der Waals surface area contributed by atoms with Crippen LogP contribution in [-0.4, -0.2) is 10.2 Å². The number of aryl methyl sites for hydroxylation is 1. The van der Waals surface area contributed by atoms with Crippen LogP contribution in [0.1, 0.15) is 23.7 Å². The van der Waals surface area contributed by atoms with Gasteiger partial charge in [0, 0.05) is 17.5 Å². The minimum absolute atomic E-state index is 0.204. The number of nitrogens with zero attached hydrogens (tertiary/aromatic N) is 1. The third kappa shape index (κ3) is 4.03. The second-order valence-electron chi connectivity index (χ2n) is 5.44. The Bertz CT molecular complexity index is 885. The zero-order valence-corrected chi connectivity index (χ0v) is 14.0. The lowest BCUT2D eigenvalue weighted by molar-refractivity contribution is 0.476. The van der Waals surface area contributed by atoms with Gasteiger partial charge in [0.05, 0.1) is 5.69 Å². The number of H-pyrrole nitrogens is 1. The summed E-state index contributed by atoms with van der Waals surface area (Å²) in [5.74, 6) is 1.51. The summed E-state index contributed by atoms with van der Waals surface area (Å²) in [4.78, 5) is 11.1. The van der Waals surface area contributed by atoms with Gasteiger partial charge < -0.3 is 4.74 Å². The number of benzene rings is 2. The van der Waals surface area contributed by atoms with E-state index >= 15 is 0 Å². The molecule has 0 bridgehead atoms. The van der Waals surface area contributed by atoms with Gasteiger partial charge in [-0.3, -0.25) is 4.79 Å². The number of nitrogens with one attached hydrogen (secondary N) is 1. The average molecular weight is 341 g/mol. The van der Waals surface area contributed by atoms with Gasteiger partial charge in [-0.1, -0.05) is 36.7 Å². The van der Waals surface area contributed by atoms with Gasteiger partial charge in [-0.15, -0.1) is 0 Å². The molecule has 0 saturated heterocycles. The number of ether oxygens (including phenoxy) is 1. The van der Waals surface area contributed by atoms with Gasteiger partial charge in [0.25, 0.3) is 5.56 Å². The Morgan fingerprint density at radius 2 is 2.00 bits per heavy atom. The zero-order valence-electron chi connectivity index (χ0n) is 13.3. The minimum Gasteiger partial charge on any atom is -0.457 e. The Kier molecular flexibility index (Phi) is 4.96. The molecular formula is C19H17ClN2O2. The molecule has 24 heavy (non-hydrogen) atoms. The van der Waals surface area contributed by atoms with Crippen LogP contribution in [-0.2, 0) is 12.8 Å². The molecule has 0 amide bonds. The van der Waals surface area contributed by atoms with Crippen LogP contribution in [0.15, 0.2) is 59.4 Å². The average Bonchev–Trinajstić information content (AvgIpc) is 2.57. The van der Waals surface area contributed by atoms with Crippen molar-refractivity contribution in [2.24, 2.45) is 0 Å². The zero-order chi connectivity index (χ0) is 16.9. The highest BCUT2D eigenvalue weighted by atomic mass is 35.5. The van der Waals surface area contributed by atoms with Gasteiger partial charge in [0.2, 0.25) is 0 Å². The van der Waals surface area contributed by atoms with E-state index in [1.165, 1.54) is 6.07 Å². The summed E-state index contributed by atoms with van der Waals surface area (Å²) in [6.07, 6.45) is 1.49. The van der Waals surface area contributed by atoms with Crippen LogP contribution in [0.2, 0.25) is 5.02 Å². The molecule has 1 heterocycles. The number of aromatic nitrogens is 2. The predicted molar refractivity (Wildman–Crippen MR) is 95.0 cm³/mol. The Hall–Kier alpha value is -2.59. The maximum absolute atomic E-state index is 11.1. The molecule has 0 atom stereocenters. The van der Waals surface area contributed by atoms with Crippen LogP contribution in [0.5, 0.6) is 11.5 Å². The predicted octanol–water partition coefficient (Wildman–Crippen LogP) is 4.37. The van der Waals surface area contributed by atoms with Crippen LogP contribution >= 0.6 is 11.6 Å². The second kappa shape index (κ2) is 7.32. The highest BCUT2D eigenvalue weighted by Crippen LogP contribution is 2.29. The fourth-order valence-electron chi connectivity index (χ4n) is 2.43. The summed E-state index contributed by atoms with van der Waals surface area (Å²) >= 11 is 6.02. The summed E-state index contributed by atoms with van der Waals surface area (Å²) in [7, 11) is 0. The third-order valence-electron chi connectivity index (χ3n) is 3.66. The first kappa shape index (κ1) is 16.3. The van der Waals surface area contributed by atoms with E-state index in [4.69, 9.17) is 16.3 Å². The highest BCUT2D eigenvalue weighted by Gasteiger charge is 2.07. The molecule has 3 aromatic rings. The van der Waals surface area contributed by atoms with Crippen molar-refractivity contribution < 1.29 is 4.74 Å². The monoisotopic (exact) mass is 340 g/mol. The van der Waals surface area contributed by atoms with Gasteiger partial charge in [-0.25, -0.2) is 5.10 Å². The highest BCUT2D eigenvalue weighted by molar-refractivity contribution is 6.30. The van der Waals surface area contributed by atoms with Gasteiger partial charge in [-0.2, -0.15) is 5.10 Å². The molecule has 0 aliphatic carbocycles. The molecule has 1 aromatic heterocycles. The number of aromatic amines is 1. The molecule has 0 fully saturated rings. The lowest BCUT2D eigenvalue weighted by Crippen LogP contribution is -2.07. The lowest BCUT2D eigenvalue weighted by Gasteiger charge is -2.12. The second-order valence-corrected chi connectivity index (χ2v) is 5.88. The number of hydrogen-bond acceptors (Lipinski definition) is 3. The number of hydrogen-bond donors (Lipinski definition) is 1. The van der Waals surface area contributed by atoms with Crippen molar-refractivity contribution in [3.8, 4) is 11.5 Å². The van der Waals surface area contributed by atoms with Crippen LogP contribution in [0.25, 0.3) is 0 Å². The number of halogens is 1. The molecular weight excluding hydrogens is 324 g/mol. The smallest absolute Gasteiger partial charge is 0.264 e. The molecule has 0 saturated carbocycles. The summed E-state index contributed by atoms with van der Waals surface area (Å²) in [6.45, 7) is 2.09. The van der Waals surface area contributed by atoms with Crippen molar-refractivity contribution in [2.75, 3.05) is 0 Å². The van der Waals surface area contributed by atoms with Gasteiger partial charge >= 0.3 is 0 Å². The maximum atomic E-state index is 11.1. The topological polar surface area (TPSA) is 55.0 Å². The van der Waals surface area contributed by atoms with Crippen molar-refractivity contribution in [3.05, 3.63) is 86.8 Å². The van der Waals surface area contributed by atoms with Gasteiger partial charge in [0.1, 0.15) is 11.5 Å². The van der Waals surface area contributed by atoms with E-state index in [0.29, 0.717) is 17.2 Å². The first-order chi connectivity index (χ1) is 11.6. The minimum atomic E-state index is -0.204. The van der Waals surface area contributed by atoms with Crippen molar-refractivity contribution in [1.82, 2.24) is 10.2 Å². The third-order valence-corrected chi connectivity index (χ3v) is 3.89. The van der Waals surface area contributed by atoms with E-state index in [9.17, 15) is 4.79 Å². The van der Waals surface area contributed by atoms with E-state index in [-0.39, 0.29) is 5.56 Å². The van der Waals surface area contributed by atoms with Crippen LogP contribution in [0.3, 0.4) is 0 Å². The summed E-state index contributed by atoms with van der Waals surface area (Å²) in [5.41, 5.74) is 2.77. The fraction of sp³-hybridized carbons (Fsp3) is 0.158. The van der Waals surface area contributed by atoms with Crippen molar-refractivity contribution >= 4 is 11.6 Å². The summed E-state index contributed by atoms with van der Waals surface area (Å²) < 4.78 is 6.02. The quantitative estimate of drug-likeness (QED) is 0.750. The molecule has 4 nitrogen and oxygen atoms in total. The van der Waals surface area contributed by atoms with Crippen molar-refractivity contribution in [1.29, 1.82) is 0 Å².